The first-order chi connectivity index (χ1) is 8.25. The summed E-state index contributed by atoms with van der Waals surface area (Å²) in [6.45, 7) is 10.2. The summed E-state index contributed by atoms with van der Waals surface area (Å²) in [5.74, 6) is 0.506. The fourth-order valence-electron chi connectivity index (χ4n) is 1.49. The largest absolute Gasteiger partial charge is 0.320 e. The maximum Gasteiger partial charge on any atom is 0.242 e. The molecule has 5 heteroatoms. The number of H-pyrrole nitrogens is 1. The molecule has 0 bridgehead atoms. The standard InChI is InChI=1S/C13H24N4O/c1-6-8(2)11(14)12(18)15-10-7-9(16-17-10)13(3,4)5/h7-8,11H,6,14H2,1-5H3,(H2,15,16,17,18)/t8?,11-/m0/s1. The number of carbonyl (C=O) groups excluding carboxylic acids is 1. The van der Waals surface area contributed by atoms with E-state index in [-0.39, 0.29) is 17.2 Å². The second kappa shape index (κ2) is 5.52. The fourth-order valence-corrected chi connectivity index (χ4v) is 1.49. The molecule has 5 nitrogen and oxygen atoms in total. The summed E-state index contributed by atoms with van der Waals surface area (Å²) in [5, 5.41) is 9.75. The van der Waals surface area contributed by atoms with Crippen molar-refractivity contribution >= 4 is 11.7 Å². The van der Waals surface area contributed by atoms with E-state index in [1.807, 2.05) is 19.9 Å². The number of hydrogen-bond acceptors (Lipinski definition) is 3. The molecule has 0 radical (unpaired) electrons. The Morgan fingerprint density at radius 3 is 2.61 bits per heavy atom. The van der Waals surface area contributed by atoms with Gasteiger partial charge in [-0.1, -0.05) is 41.0 Å². The van der Waals surface area contributed by atoms with E-state index in [0.717, 1.165) is 12.1 Å². The number of aromatic amines is 1. The van der Waals surface area contributed by atoms with E-state index >= 15 is 0 Å². The molecule has 0 spiro atoms. The Bertz CT molecular complexity index is 405. The van der Waals surface area contributed by atoms with Crippen molar-refractivity contribution in [3.05, 3.63) is 11.8 Å². The van der Waals surface area contributed by atoms with Gasteiger partial charge in [0.2, 0.25) is 5.91 Å². The molecule has 0 aliphatic rings. The van der Waals surface area contributed by atoms with Crippen molar-refractivity contribution in [2.45, 2.75) is 52.5 Å². The zero-order valence-corrected chi connectivity index (χ0v) is 11.9. The van der Waals surface area contributed by atoms with E-state index in [2.05, 4.69) is 36.3 Å². The molecule has 1 rings (SSSR count). The summed E-state index contributed by atoms with van der Waals surface area (Å²) < 4.78 is 0. The molecule has 1 aromatic rings. The molecular weight excluding hydrogens is 228 g/mol. The van der Waals surface area contributed by atoms with Gasteiger partial charge in [-0.2, -0.15) is 5.10 Å². The second-order valence-corrected chi connectivity index (χ2v) is 5.82. The Kier molecular flexibility index (Phi) is 4.51. The smallest absolute Gasteiger partial charge is 0.242 e. The highest BCUT2D eigenvalue weighted by atomic mass is 16.2. The Morgan fingerprint density at radius 2 is 2.17 bits per heavy atom. The molecule has 0 aliphatic heterocycles. The number of nitrogens with zero attached hydrogens (tertiary/aromatic N) is 1. The highest BCUT2D eigenvalue weighted by molar-refractivity contribution is 5.94. The number of hydrogen-bond donors (Lipinski definition) is 3. The van der Waals surface area contributed by atoms with Crippen molar-refractivity contribution in [2.75, 3.05) is 5.32 Å². The monoisotopic (exact) mass is 252 g/mol. The summed E-state index contributed by atoms with van der Waals surface area (Å²) >= 11 is 0. The molecule has 0 fully saturated rings. The van der Waals surface area contributed by atoms with Crippen molar-refractivity contribution < 1.29 is 4.79 Å². The lowest BCUT2D eigenvalue weighted by Gasteiger charge is -2.17. The van der Waals surface area contributed by atoms with Crippen molar-refractivity contribution in [3.63, 3.8) is 0 Å². The molecule has 1 heterocycles. The van der Waals surface area contributed by atoms with Crippen molar-refractivity contribution in [1.82, 2.24) is 10.2 Å². The minimum atomic E-state index is -0.496. The maximum absolute atomic E-state index is 11.9. The molecule has 1 unspecified atom stereocenters. The average molecular weight is 252 g/mol. The van der Waals surface area contributed by atoms with E-state index in [4.69, 9.17) is 5.73 Å². The van der Waals surface area contributed by atoms with Crippen LogP contribution in [-0.4, -0.2) is 22.1 Å². The van der Waals surface area contributed by atoms with Gasteiger partial charge in [0, 0.05) is 17.2 Å². The van der Waals surface area contributed by atoms with E-state index in [9.17, 15) is 4.79 Å². The van der Waals surface area contributed by atoms with Gasteiger partial charge in [-0.05, 0) is 5.92 Å². The van der Waals surface area contributed by atoms with E-state index in [1.54, 1.807) is 0 Å². The summed E-state index contributed by atoms with van der Waals surface area (Å²) in [6, 6.07) is 1.35. The molecule has 102 valence electrons. The number of nitrogens with two attached hydrogens (primary N) is 1. The summed E-state index contributed by atoms with van der Waals surface area (Å²) in [7, 11) is 0. The third kappa shape index (κ3) is 3.57. The lowest BCUT2D eigenvalue weighted by Crippen LogP contribution is -2.40. The minimum Gasteiger partial charge on any atom is -0.320 e. The van der Waals surface area contributed by atoms with Gasteiger partial charge in [0.25, 0.3) is 0 Å². The van der Waals surface area contributed by atoms with Crippen LogP contribution in [0.15, 0.2) is 6.07 Å². The molecule has 0 aromatic carbocycles. The first-order valence-electron chi connectivity index (χ1n) is 6.38. The number of nitrogens with one attached hydrogen (secondary N) is 2. The molecule has 1 amide bonds. The SMILES string of the molecule is CCC(C)[C@H](N)C(=O)Nc1cc(C(C)(C)C)[nH]n1. The quantitative estimate of drug-likeness (QED) is 0.766. The lowest BCUT2D eigenvalue weighted by atomic mass is 9.92. The molecular formula is C13H24N4O. The lowest BCUT2D eigenvalue weighted by molar-refractivity contribution is -0.118. The van der Waals surface area contributed by atoms with Crippen LogP contribution in [0.25, 0.3) is 0 Å². The number of anilines is 1. The van der Waals surface area contributed by atoms with Gasteiger partial charge in [-0.3, -0.25) is 9.89 Å². The van der Waals surface area contributed by atoms with Gasteiger partial charge in [0.05, 0.1) is 6.04 Å². The van der Waals surface area contributed by atoms with Gasteiger partial charge >= 0.3 is 0 Å². The molecule has 4 N–H and O–H groups in total. The molecule has 0 aliphatic carbocycles. The number of aromatic nitrogens is 2. The average Bonchev–Trinajstić information content (AvgIpc) is 2.75. The van der Waals surface area contributed by atoms with Crippen LogP contribution in [0.2, 0.25) is 0 Å². The van der Waals surface area contributed by atoms with Crippen LogP contribution >= 0.6 is 0 Å². The predicted molar refractivity (Wildman–Crippen MR) is 73.3 cm³/mol. The van der Waals surface area contributed by atoms with Gasteiger partial charge in [-0.25, -0.2) is 0 Å². The molecule has 0 saturated carbocycles. The third-order valence-electron chi connectivity index (χ3n) is 3.20. The fraction of sp³-hybridized carbons (Fsp3) is 0.692. The summed E-state index contributed by atoms with van der Waals surface area (Å²) in [4.78, 5) is 11.9. The van der Waals surface area contributed by atoms with Crippen LogP contribution in [0.3, 0.4) is 0 Å². The van der Waals surface area contributed by atoms with Gasteiger partial charge in [0.15, 0.2) is 5.82 Å². The molecule has 1 aromatic heterocycles. The van der Waals surface area contributed by atoms with E-state index in [1.165, 1.54) is 0 Å². The molecule has 18 heavy (non-hydrogen) atoms. The van der Waals surface area contributed by atoms with Gasteiger partial charge < -0.3 is 11.1 Å². The Hall–Kier alpha value is -1.36. The molecule has 0 saturated heterocycles. The normalized spacial score (nSPS) is 15.2. The van der Waals surface area contributed by atoms with Crippen LogP contribution < -0.4 is 11.1 Å². The summed E-state index contributed by atoms with van der Waals surface area (Å²) in [6.07, 6.45) is 0.877. The Labute approximate surface area is 109 Å². The van der Waals surface area contributed by atoms with E-state index in [0.29, 0.717) is 5.82 Å². The first kappa shape index (κ1) is 14.7. The van der Waals surface area contributed by atoms with Crippen LogP contribution in [0.1, 0.15) is 46.7 Å². The van der Waals surface area contributed by atoms with Crippen LogP contribution in [0.4, 0.5) is 5.82 Å². The van der Waals surface area contributed by atoms with Crippen molar-refractivity contribution in [1.29, 1.82) is 0 Å². The zero-order chi connectivity index (χ0) is 13.9. The number of amides is 1. The first-order valence-corrected chi connectivity index (χ1v) is 6.38. The summed E-state index contributed by atoms with van der Waals surface area (Å²) in [5.41, 5.74) is 6.82. The Morgan fingerprint density at radius 1 is 1.56 bits per heavy atom. The topological polar surface area (TPSA) is 83.8 Å². The maximum atomic E-state index is 11.9. The van der Waals surface area contributed by atoms with Crippen molar-refractivity contribution in [3.8, 4) is 0 Å². The molecule has 2 atom stereocenters. The van der Waals surface area contributed by atoms with Gasteiger partial charge in [0.1, 0.15) is 0 Å². The van der Waals surface area contributed by atoms with Gasteiger partial charge in [-0.15, -0.1) is 0 Å². The predicted octanol–water partition coefficient (Wildman–Crippen LogP) is 2.02. The van der Waals surface area contributed by atoms with Crippen LogP contribution in [-0.2, 0) is 10.2 Å². The van der Waals surface area contributed by atoms with Crippen molar-refractivity contribution in [2.24, 2.45) is 11.7 Å². The highest BCUT2D eigenvalue weighted by Gasteiger charge is 2.21. The highest BCUT2D eigenvalue weighted by Crippen LogP contribution is 2.22. The Balaban J connectivity index is 2.68. The third-order valence-corrected chi connectivity index (χ3v) is 3.20. The number of carbonyl (C=O) groups is 1. The number of rotatable bonds is 4. The zero-order valence-electron chi connectivity index (χ0n) is 11.9. The van der Waals surface area contributed by atoms with Crippen LogP contribution in [0, 0.1) is 5.92 Å². The second-order valence-electron chi connectivity index (χ2n) is 5.82. The minimum absolute atomic E-state index is 0.0190. The van der Waals surface area contributed by atoms with E-state index < -0.39 is 6.04 Å². The van der Waals surface area contributed by atoms with Crippen LogP contribution in [0.5, 0.6) is 0 Å².